The second-order valence-corrected chi connectivity index (χ2v) is 5.08. The minimum absolute atomic E-state index is 0. The van der Waals surface area contributed by atoms with Crippen molar-refractivity contribution < 1.29 is 48.4 Å². The van der Waals surface area contributed by atoms with E-state index in [-0.39, 0.29) is 119 Å². The van der Waals surface area contributed by atoms with Crippen molar-refractivity contribution in [2.45, 2.75) is 18.9 Å². The van der Waals surface area contributed by atoms with Crippen LogP contribution in [-0.4, -0.2) is 143 Å². The zero-order valence-electron chi connectivity index (χ0n) is 13.0. The fourth-order valence-electron chi connectivity index (χ4n) is 0.643. The van der Waals surface area contributed by atoms with Gasteiger partial charge in [-0.3, -0.25) is 9.79 Å². The first-order valence-electron chi connectivity index (χ1n) is 5.04. The Hall–Kier alpha value is 2.70. The van der Waals surface area contributed by atoms with Crippen LogP contribution in [0.5, 0.6) is 0 Å². The molecule has 0 aromatic carbocycles. The number of nitrogens with two attached hydrogens (primary N) is 3. The number of guanidine groups is 1. The third-order valence-corrected chi connectivity index (χ3v) is 1.28. The molecule has 19 heteroatoms. The van der Waals surface area contributed by atoms with E-state index in [1.807, 2.05) is 0 Å². The molecule has 0 bridgehead atoms. The molecule has 0 aliphatic rings. The van der Waals surface area contributed by atoms with E-state index in [4.69, 9.17) is 60.8 Å². The fraction of sp³-hybridized carbons (Fsp3) is 0.667. The summed E-state index contributed by atoms with van der Waals surface area (Å²) in [5, 5.41) is 8.38. The van der Waals surface area contributed by atoms with Gasteiger partial charge in [0.25, 0.3) is 0 Å². The van der Waals surface area contributed by atoms with Gasteiger partial charge in [0, 0.05) is 6.54 Å². The average Bonchev–Trinajstić information content (AvgIpc) is 2.18. The zero-order chi connectivity index (χ0) is 18.6. The Morgan fingerprint density at radius 2 is 1.24 bits per heavy atom. The van der Waals surface area contributed by atoms with Crippen LogP contribution in [0.15, 0.2) is 4.99 Å². The van der Waals surface area contributed by atoms with Crippen LogP contribution in [0.1, 0.15) is 12.8 Å². The molecule has 0 saturated carbocycles. The number of nitrogens with zero attached hydrogens (tertiary/aromatic N) is 1. The first-order valence-corrected chi connectivity index (χ1v) is 7.96. The molecular formula is C6H14Ca3N4O10P2. The van der Waals surface area contributed by atoms with Gasteiger partial charge in [0.2, 0.25) is 0 Å². The van der Waals surface area contributed by atoms with E-state index in [0.29, 0.717) is 19.4 Å². The summed E-state index contributed by atoms with van der Waals surface area (Å²) in [5.74, 6) is -0.987. The van der Waals surface area contributed by atoms with Crippen LogP contribution in [0, 0.1) is 0 Å². The Bertz CT molecular complexity index is 404. The molecule has 0 heterocycles. The Labute approximate surface area is 233 Å². The molecule has 0 fully saturated rings. The van der Waals surface area contributed by atoms with Crippen LogP contribution in [-0.2, 0) is 13.9 Å². The molecule has 0 saturated heterocycles. The second-order valence-electron chi connectivity index (χ2n) is 3.29. The van der Waals surface area contributed by atoms with Gasteiger partial charge in [0.15, 0.2) is 5.96 Å². The van der Waals surface area contributed by atoms with Gasteiger partial charge in [-0.25, -0.2) is 0 Å². The summed E-state index contributed by atoms with van der Waals surface area (Å²) >= 11 is 0. The minimum Gasteiger partial charge on any atom is -0.822 e. The summed E-state index contributed by atoms with van der Waals surface area (Å²) in [6.45, 7) is 0.420. The van der Waals surface area contributed by atoms with E-state index in [9.17, 15) is 4.79 Å². The van der Waals surface area contributed by atoms with Crippen molar-refractivity contribution in [3.8, 4) is 0 Å². The zero-order valence-corrected chi connectivity index (χ0v) is 21.4. The summed E-state index contributed by atoms with van der Waals surface area (Å²) in [5.41, 5.74) is 15.3. The molecular weight excluding hydrogens is 470 g/mol. The molecule has 0 rings (SSSR count). The van der Waals surface area contributed by atoms with Gasteiger partial charge < -0.3 is 60.8 Å². The van der Waals surface area contributed by atoms with Gasteiger partial charge in [-0.1, -0.05) is 0 Å². The summed E-state index contributed by atoms with van der Waals surface area (Å²) in [6.07, 6.45) is 0.956. The number of aliphatic imine (C=N–C) groups is 1. The number of rotatable bonds is 5. The van der Waals surface area contributed by atoms with Crippen molar-refractivity contribution in [3.05, 3.63) is 0 Å². The normalized spacial score (nSPS) is 10.5. The number of carbonyl (C=O) groups is 1. The summed E-state index contributed by atoms with van der Waals surface area (Å²) in [7, 11) is -10.8. The first kappa shape index (κ1) is 41.9. The number of carboxylic acid groups (broad SMARTS) is 1. The van der Waals surface area contributed by atoms with Gasteiger partial charge in [-0.2, -0.15) is 15.6 Å². The summed E-state index contributed by atoms with van der Waals surface area (Å²) in [6, 6.07) is -0.820. The predicted molar refractivity (Wildman–Crippen MR) is 78.0 cm³/mol. The number of phosphoric acid groups is 2. The van der Waals surface area contributed by atoms with Crippen molar-refractivity contribution in [3.63, 3.8) is 0 Å². The minimum atomic E-state index is -5.39. The molecule has 1 unspecified atom stereocenters. The summed E-state index contributed by atoms with van der Waals surface area (Å²) < 4.78 is 17.1. The maximum absolute atomic E-state index is 10.2. The van der Waals surface area contributed by atoms with Gasteiger partial charge >= 0.3 is 119 Å². The Kier molecular flexibility index (Phi) is 38.6. The standard InChI is InChI=1S/C6H14N4O2.3Ca.2H3O4P/c7-4(5(11)12)2-1-3-10-6(8)9;;;;2*1-5(2,3)4/h4H,1-3,7H2,(H,11,12)(H4,8,9,10);;;;2*(H3,1,2,3,4)/q;3*+2;;/p-6. The van der Waals surface area contributed by atoms with Crippen molar-refractivity contribution >= 4 is 141 Å². The van der Waals surface area contributed by atoms with E-state index < -0.39 is 27.7 Å². The van der Waals surface area contributed by atoms with Crippen LogP contribution in [0.3, 0.4) is 0 Å². The van der Waals surface area contributed by atoms with Crippen LogP contribution < -0.4 is 46.6 Å². The van der Waals surface area contributed by atoms with Crippen molar-refractivity contribution in [1.82, 2.24) is 0 Å². The SMILES string of the molecule is NC(N)=NCCCC(N)C(=O)O.O=P([O-])([O-])[O-].O=P([O-])([O-])[O-].[Ca+2].[Ca+2].[Ca+2]. The number of hydrogen-bond donors (Lipinski definition) is 4. The summed E-state index contributed by atoms with van der Waals surface area (Å²) in [4.78, 5) is 65.2. The molecule has 0 aromatic heterocycles. The largest absolute Gasteiger partial charge is 2.00 e. The Morgan fingerprint density at radius 3 is 1.44 bits per heavy atom. The third-order valence-electron chi connectivity index (χ3n) is 1.28. The predicted octanol–water partition coefficient (Wildman–Crippen LogP) is -8.34. The molecule has 134 valence electrons. The molecule has 0 amide bonds. The molecule has 25 heavy (non-hydrogen) atoms. The first-order chi connectivity index (χ1) is 9.54. The van der Waals surface area contributed by atoms with Gasteiger partial charge in [-0.05, 0) is 12.8 Å². The third kappa shape index (κ3) is 86.8. The topological polar surface area (TPSA) is 300 Å². The molecule has 0 aromatic rings. The van der Waals surface area contributed by atoms with Gasteiger partial charge in [-0.15, -0.1) is 0 Å². The Balaban J connectivity index is -0.0000000592. The van der Waals surface area contributed by atoms with E-state index in [0.717, 1.165) is 0 Å². The van der Waals surface area contributed by atoms with Crippen LogP contribution in [0.2, 0.25) is 0 Å². The molecule has 1 atom stereocenters. The van der Waals surface area contributed by atoms with Gasteiger partial charge in [0.05, 0.1) is 0 Å². The molecule has 0 radical (unpaired) electrons. The molecule has 14 nitrogen and oxygen atoms in total. The smallest absolute Gasteiger partial charge is 0.822 e. The average molecular weight is 484 g/mol. The maximum atomic E-state index is 10.2. The maximum Gasteiger partial charge on any atom is 2.00 e. The van der Waals surface area contributed by atoms with E-state index in [1.165, 1.54) is 0 Å². The van der Waals surface area contributed by atoms with E-state index in [2.05, 4.69) is 4.99 Å². The number of hydrogen-bond acceptors (Lipinski definition) is 11. The van der Waals surface area contributed by atoms with E-state index in [1.54, 1.807) is 0 Å². The van der Waals surface area contributed by atoms with Crippen LogP contribution in [0.4, 0.5) is 0 Å². The second kappa shape index (κ2) is 23.0. The number of carboxylic acids is 1. The molecule has 0 aliphatic heterocycles. The molecule has 0 aliphatic carbocycles. The van der Waals surface area contributed by atoms with E-state index >= 15 is 0 Å². The molecule has 7 N–H and O–H groups in total. The fourth-order valence-corrected chi connectivity index (χ4v) is 0.643. The van der Waals surface area contributed by atoms with Gasteiger partial charge in [0.1, 0.15) is 6.04 Å². The Morgan fingerprint density at radius 1 is 0.960 bits per heavy atom. The number of aliphatic carboxylic acids is 1. The van der Waals surface area contributed by atoms with Crippen molar-refractivity contribution in [2.24, 2.45) is 22.2 Å². The van der Waals surface area contributed by atoms with Crippen molar-refractivity contribution in [2.75, 3.05) is 6.54 Å². The van der Waals surface area contributed by atoms with Crippen molar-refractivity contribution in [1.29, 1.82) is 0 Å². The van der Waals surface area contributed by atoms with Crippen LogP contribution >= 0.6 is 15.6 Å². The quantitative estimate of drug-likeness (QED) is 0.0927. The molecule has 0 spiro atoms. The monoisotopic (exact) mass is 484 g/mol. The van der Waals surface area contributed by atoms with Crippen LogP contribution in [0.25, 0.3) is 0 Å².